The molecule has 136 valence electrons. The maximum absolute atomic E-state index is 12.5. The molecule has 1 amide bonds. The van der Waals surface area contributed by atoms with Crippen molar-refractivity contribution in [1.82, 2.24) is 19.5 Å². The molecule has 0 fully saturated rings. The van der Waals surface area contributed by atoms with Crippen molar-refractivity contribution in [2.45, 2.75) is 19.9 Å². The smallest absolute Gasteiger partial charge is 0.327 e. The highest BCUT2D eigenvalue weighted by atomic mass is 16.3. The molecule has 0 aliphatic carbocycles. The number of nitrogens with one attached hydrogen (secondary N) is 1. The van der Waals surface area contributed by atoms with Gasteiger partial charge in [0.05, 0.1) is 0 Å². The monoisotopic (exact) mass is 363 g/mol. The first-order valence-corrected chi connectivity index (χ1v) is 8.44. The molecule has 0 saturated carbocycles. The van der Waals surface area contributed by atoms with Crippen LogP contribution in [0.4, 0.5) is 0 Å². The highest BCUT2D eigenvalue weighted by Gasteiger charge is 2.20. The fraction of sp³-hybridized carbons (Fsp3) is 0.158. The van der Waals surface area contributed by atoms with Crippen LogP contribution >= 0.6 is 0 Å². The molecule has 27 heavy (non-hydrogen) atoms. The van der Waals surface area contributed by atoms with Crippen molar-refractivity contribution in [1.29, 1.82) is 0 Å². The molecule has 1 aromatic carbocycles. The second kappa shape index (κ2) is 6.56. The SMILES string of the molecule is Cc1ccc(-c2nc(C(N)=O)c3[nH]c(=O)n(CCc4ccccc4)c3n2)o1. The molecule has 8 nitrogen and oxygen atoms in total. The van der Waals surface area contributed by atoms with Crippen molar-refractivity contribution in [2.24, 2.45) is 5.73 Å². The summed E-state index contributed by atoms with van der Waals surface area (Å²) in [5.74, 6) is 0.547. The van der Waals surface area contributed by atoms with E-state index in [-0.39, 0.29) is 22.7 Å². The zero-order valence-corrected chi connectivity index (χ0v) is 14.6. The number of fused-ring (bicyclic) bond motifs is 1. The number of rotatable bonds is 5. The van der Waals surface area contributed by atoms with Crippen LogP contribution in [0.15, 0.2) is 51.7 Å². The second-order valence-electron chi connectivity index (χ2n) is 6.19. The van der Waals surface area contributed by atoms with Crippen molar-refractivity contribution in [2.75, 3.05) is 0 Å². The average Bonchev–Trinajstić information content (AvgIpc) is 3.22. The predicted molar refractivity (Wildman–Crippen MR) is 99.3 cm³/mol. The number of aromatic nitrogens is 4. The van der Waals surface area contributed by atoms with E-state index in [1.807, 2.05) is 30.3 Å². The molecule has 0 spiro atoms. The molecular formula is C19H17N5O3. The third kappa shape index (κ3) is 3.12. The van der Waals surface area contributed by atoms with Gasteiger partial charge in [-0.25, -0.2) is 14.8 Å². The minimum absolute atomic E-state index is 0.0420. The number of imidazole rings is 1. The summed E-state index contributed by atoms with van der Waals surface area (Å²) < 4.78 is 7.04. The van der Waals surface area contributed by atoms with Crippen LogP contribution in [0.2, 0.25) is 0 Å². The highest BCUT2D eigenvalue weighted by molar-refractivity contribution is 6.01. The molecule has 0 radical (unpaired) electrons. The van der Waals surface area contributed by atoms with Crippen molar-refractivity contribution in [3.63, 3.8) is 0 Å². The molecule has 0 saturated heterocycles. The van der Waals surface area contributed by atoms with Crippen molar-refractivity contribution in [3.8, 4) is 11.6 Å². The van der Waals surface area contributed by atoms with Gasteiger partial charge in [-0.05, 0) is 31.0 Å². The normalized spacial score (nSPS) is 11.1. The summed E-state index contributed by atoms with van der Waals surface area (Å²) in [4.78, 5) is 35.6. The first-order valence-electron chi connectivity index (χ1n) is 8.44. The number of nitrogens with zero attached hydrogens (tertiary/aromatic N) is 3. The van der Waals surface area contributed by atoms with E-state index >= 15 is 0 Å². The first kappa shape index (κ1) is 16.8. The number of benzene rings is 1. The number of hydrogen-bond donors (Lipinski definition) is 2. The van der Waals surface area contributed by atoms with Gasteiger partial charge >= 0.3 is 5.69 Å². The van der Waals surface area contributed by atoms with Gasteiger partial charge in [-0.2, -0.15) is 0 Å². The molecular weight excluding hydrogens is 346 g/mol. The topological polar surface area (TPSA) is 120 Å². The lowest BCUT2D eigenvalue weighted by molar-refractivity contribution is 0.0997. The molecule has 4 rings (SSSR count). The largest absolute Gasteiger partial charge is 0.458 e. The fourth-order valence-electron chi connectivity index (χ4n) is 2.97. The number of nitrogens with two attached hydrogens (primary N) is 1. The van der Waals surface area contributed by atoms with Gasteiger partial charge in [-0.1, -0.05) is 30.3 Å². The van der Waals surface area contributed by atoms with Crippen LogP contribution in [0.3, 0.4) is 0 Å². The number of furan rings is 1. The van der Waals surface area contributed by atoms with Gasteiger partial charge in [0.15, 0.2) is 22.9 Å². The number of amides is 1. The number of primary amides is 1. The minimum Gasteiger partial charge on any atom is -0.458 e. The first-order chi connectivity index (χ1) is 13.0. The number of aromatic amines is 1. The molecule has 0 unspecified atom stereocenters. The van der Waals surface area contributed by atoms with Gasteiger partial charge in [0, 0.05) is 6.54 Å². The summed E-state index contributed by atoms with van der Waals surface area (Å²) >= 11 is 0. The number of carbonyl (C=O) groups excluding carboxylic acids is 1. The Bertz CT molecular complexity index is 1190. The Morgan fingerprint density at radius 2 is 1.96 bits per heavy atom. The Labute approximate surface area is 153 Å². The third-order valence-electron chi connectivity index (χ3n) is 4.28. The maximum atomic E-state index is 12.5. The van der Waals surface area contributed by atoms with Crippen molar-refractivity contribution < 1.29 is 9.21 Å². The van der Waals surface area contributed by atoms with E-state index in [1.165, 1.54) is 4.57 Å². The number of carbonyl (C=O) groups is 1. The Morgan fingerprint density at radius 1 is 1.19 bits per heavy atom. The lowest BCUT2D eigenvalue weighted by Crippen LogP contribution is -2.18. The van der Waals surface area contributed by atoms with E-state index in [0.717, 1.165) is 5.56 Å². The van der Waals surface area contributed by atoms with E-state index < -0.39 is 5.91 Å². The summed E-state index contributed by atoms with van der Waals surface area (Å²) in [6.07, 6.45) is 0.638. The van der Waals surface area contributed by atoms with Crippen molar-refractivity contribution >= 4 is 17.1 Å². The van der Waals surface area contributed by atoms with Crippen LogP contribution in [-0.4, -0.2) is 25.4 Å². The number of H-pyrrole nitrogens is 1. The van der Waals surface area contributed by atoms with Crippen LogP contribution in [0.25, 0.3) is 22.7 Å². The van der Waals surface area contributed by atoms with E-state index in [2.05, 4.69) is 15.0 Å². The highest BCUT2D eigenvalue weighted by Crippen LogP contribution is 2.22. The quantitative estimate of drug-likeness (QED) is 0.562. The summed E-state index contributed by atoms with van der Waals surface area (Å²) in [6.45, 7) is 2.19. The minimum atomic E-state index is -0.747. The predicted octanol–water partition coefficient (Wildman–Crippen LogP) is 2.03. The summed E-state index contributed by atoms with van der Waals surface area (Å²) in [6, 6.07) is 13.3. The zero-order valence-electron chi connectivity index (χ0n) is 14.6. The molecule has 0 aliphatic rings. The van der Waals surface area contributed by atoms with E-state index in [1.54, 1.807) is 19.1 Å². The van der Waals surface area contributed by atoms with Crippen molar-refractivity contribution in [3.05, 3.63) is 70.0 Å². The lowest BCUT2D eigenvalue weighted by Gasteiger charge is -2.05. The zero-order chi connectivity index (χ0) is 19.0. The molecule has 3 N–H and O–H groups in total. The van der Waals surface area contributed by atoms with E-state index in [9.17, 15) is 9.59 Å². The molecule has 3 heterocycles. The van der Waals surface area contributed by atoms with Gasteiger partial charge in [-0.15, -0.1) is 0 Å². The van der Waals surface area contributed by atoms with Crippen LogP contribution in [0, 0.1) is 6.92 Å². The molecule has 3 aromatic heterocycles. The number of hydrogen-bond acceptors (Lipinski definition) is 5. The fourth-order valence-corrected chi connectivity index (χ4v) is 2.97. The Kier molecular flexibility index (Phi) is 4.08. The van der Waals surface area contributed by atoms with Crippen LogP contribution in [0.1, 0.15) is 21.8 Å². The lowest BCUT2D eigenvalue weighted by atomic mass is 10.1. The summed E-state index contributed by atoms with van der Waals surface area (Å²) in [5.41, 5.74) is 6.69. The van der Waals surface area contributed by atoms with E-state index in [0.29, 0.717) is 30.1 Å². The van der Waals surface area contributed by atoms with Gasteiger partial charge in [-0.3, -0.25) is 9.36 Å². The maximum Gasteiger partial charge on any atom is 0.327 e. The molecule has 0 bridgehead atoms. The van der Waals surface area contributed by atoms with Crippen LogP contribution in [0.5, 0.6) is 0 Å². The van der Waals surface area contributed by atoms with E-state index in [4.69, 9.17) is 10.2 Å². The molecule has 4 aromatic rings. The average molecular weight is 363 g/mol. The van der Waals surface area contributed by atoms with Gasteiger partial charge in [0.25, 0.3) is 5.91 Å². The summed E-state index contributed by atoms with van der Waals surface area (Å²) in [5, 5.41) is 0. The molecule has 0 atom stereocenters. The van der Waals surface area contributed by atoms with Crippen LogP contribution < -0.4 is 11.4 Å². The number of aryl methyl sites for hydroxylation is 3. The third-order valence-corrected chi connectivity index (χ3v) is 4.28. The van der Waals surface area contributed by atoms with Crippen LogP contribution in [-0.2, 0) is 13.0 Å². The molecule has 8 heteroatoms. The Hall–Kier alpha value is -3.68. The summed E-state index contributed by atoms with van der Waals surface area (Å²) in [7, 11) is 0. The van der Waals surface area contributed by atoms with Gasteiger partial charge in [0.2, 0.25) is 0 Å². The standard InChI is InChI=1S/C19H17N5O3/c1-11-7-8-13(27-11)17-21-14(16(20)25)15-18(23-17)24(19(26)22-15)10-9-12-5-3-2-4-6-12/h2-8H,9-10H2,1H3,(H2,20,25)(H,22,26). The second-order valence-corrected chi connectivity index (χ2v) is 6.19. The van der Waals surface area contributed by atoms with Gasteiger partial charge in [0.1, 0.15) is 11.3 Å². The Balaban J connectivity index is 1.84. The Morgan fingerprint density at radius 3 is 2.63 bits per heavy atom. The van der Waals surface area contributed by atoms with Gasteiger partial charge < -0.3 is 15.1 Å². The molecule has 0 aliphatic heterocycles.